The average Bonchev–Trinajstić information content (AvgIpc) is 2.25. The molecule has 0 saturated carbocycles. The zero-order valence-corrected chi connectivity index (χ0v) is 10.2. The standard InChI is InChI=1S/C12H20O4/c1-5-7-8-15-12(14)10(6-2)16-11(13)9(3)4/h10H,3,5-8H2,1-2,4H3. The van der Waals surface area contributed by atoms with Crippen LogP contribution in [-0.2, 0) is 19.1 Å². The third kappa shape index (κ3) is 5.53. The van der Waals surface area contributed by atoms with Crippen LogP contribution in [0.2, 0.25) is 0 Å². The summed E-state index contributed by atoms with van der Waals surface area (Å²) >= 11 is 0. The van der Waals surface area contributed by atoms with E-state index in [1.807, 2.05) is 6.92 Å². The molecule has 0 fully saturated rings. The highest BCUT2D eigenvalue weighted by atomic mass is 16.6. The maximum atomic E-state index is 11.5. The second kappa shape index (κ2) is 7.91. The lowest BCUT2D eigenvalue weighted by Gasteiger charge is -2.14. The van der Waals surface area contributed by atoms with E-state index in [2.05, 4.69) is 6.58 Å². The van der Waals surface area contributed by atoms with Crippen molar-refractivity contribution in [3.05, 3.63) is 12.2 Å². The average molecular weight is 228 g/mol. The molecule has 0 N–H and O–H groups in total. The van der Waals surface area contributed by atoms with Crippen LogP contribution >= 0.6 is 0 Å². The highest BCUT2D eigenvalue weighted by Gasteiger charge is 2.22. The summed E-state index contributed by atoms with van der Waals surface area (Å²) in [6, 6.07) is 0. The van der Waals surface area contributed by atoms with E-state index >= 15 is 0 Å². The van der Waals surface area contributed by atoms with Crippen LogP contribution in [0.5, 0.6) is 0 Å². The van der Waals surface area contributed by atoms with Gasteiger partial charge in [0.1, 0.15) is 0 Å². The van der Waals surface area contributed by atoms with E-state index in [1.165, 1.54) is 6.92 Å². The molecule has 0 bridgehead atoms. The second-order valence-corrected chi connectivity index (χ2v) is 3.60. The fourth-order valence-corrected chi connectivity index (χ4v) is 0.938. The van der Waals surface area contributed by atoms with Gasteiger partial charge >= 0.3 is 11.9 Å². The summed E-state index contributed by atoms with van der Waals surface area (Å²) in [4.78, 5) is 22.7. The van der Waals surface area contributed by atoms with Gasteiger partial charge in [-0.15, -0.1) is 0 Å². The summed E-state index contributed by atoms with van der Waals surface area (Å²) in [5.74, 6) is -1.04. The van der Waals surface area contributed by atoms with Gasteiger partial charge in [-0.3, -0.25) is 0 Å². The van der Waals surface area contributed by atoms with Crippen molar-refractivity contribution < 1.29 is 19.1 Å². The molecule has 92 valence electrons. The van der Waals surface area contributed by atoms with Crippen molar-refractivity contribution >= 4 is 11.9 Å². The normalized spacial score (nSPS) is 11.7. The minimum atomic E-state index is -0.818. The van der Waals surface area contributed by atoms with E-state index in [1.54, 1.807) is 6.92 Å². The van der Waals surface area contributed by atoms with Gasteiger partial charge in [-0.2, -0.15) is 0 Å². The molecule has 0 spiro atoms. The van der Waals surface area contributed by atoms with Crippen LogP contribution in [0, 0.1) is 0 Å². The van der Waals surface area contributed by atoms with Gasteiger partial charge < -0.3 is 9.47 Å². The van der Waals surface area contributed by atoms with Crippen molar-refractivity contribution in [1.82, 2.24) is 0 Å². The quantitative estimate of drug-likeness (QED) is 0.381. The van der Waals surface area contributed by atoms with Crippen LogP contribution < -0.4 is 0 Å². The Hall–Kier alpha value is -1.32. The lowest BCUT2D eigenvalue weighted by Crippen LogP contribution is -2.29. The predicted octanol–water partition coefficient (Wildman–Crippen LogP) is 2.23. The van der Waals surface area contributed by atoms with E-state index in [4.69, 9.17) is 9.47 Å². The molecular weight excluding hydrogens is 208 g/mol. The molecule has 0 amide bonds. The Kier molecular flexibility index (Phi) is 7.25. The van der Waals surface area contributed by atoms with E-state index in [0.29, 0.717) is 13.0 Å². The second-order valence-electron chi connectivity index (χ2n) is 3.60. The summed E-state index contributed by atoms with van der Waals surface area (Å²) in [5, 5.41) is 0. The first kappa shape index (κ1) is 14.7. The maximum Gasteiger partial charge on any atom is 0.347 e. The summed E-state index contributed by atoms with van der Waals surface area (Å²) in [6.07, 6.45) is 1.36. The van der Waals surface area contributed by atoms with Crippen molar-refractivity contribution in [3.8, 4) is 0 Å². The van der Waals surface area contributed by atoms with Crippen molar-refractivity contribution in [3.63, 3.8) is 0 Å². The predicted molar refractivity (Wildman–Crippen MR) is 60.9 cm³/mol. The molecular formula is C12H20O4. The van der Waals surface area contributed by atoms with Crippen molar-refractivity contribution in [2.75, 3.05) is 6.61 Å². The molecule has 1 unspecified atom stereocenters. The number of ether oxygens (including phenoxy) is 2. The number of rotatable bonds is 7. The number of carbonyl (C=O) groups excluding carboxylic acids is 2. The van der Waals surface area contributed by atoms with Crippen LogP contribution in [0.4, 0.5) is 0 Å². The molecule has 0 rings (SSSR count). The topological polar surface area (TPSA) is 52.6 Å². The molecule has 16 heavy (non-hydrogen) atoms. The van der Waals surface area contributed by atoms with Gasteiger partial charge in [-0.1, -0.05) is 26.8 Å². The third-order valence-corrected chi connectivity index (χ3v) is 1.97. The van der Waals surface area contributed by atoms with Gasteiger partial charge in [0, 0.05) is 5.57 Å². The fraction of sp³-hybridized carbons (Fsp3) is 0.667. The minimum Gasteiger partial charge on any atom is -0.463 e. The molecule has 0 aromatic rings. The van der Waals surface area contributed by atoms with E-state index in [9.17, 15) is 9.59 Å². The SMILES string of the molecule is C=C(C)C(=O)OC(CC)C(=O)OCCCC. The first-order valence-corrected chi connectivity index (χ1v) is 5.56. The van der Waals surface area contributed by atoms with Crippen LogP contribution in [-0.4, -0.2) is 24.6 Å². The largest absolute Gasteiger partial charge is 0.463 e. The number of hydrogen-bond acceptors (Lipinski definition) is 4. The summed E-state index contributed by atoms with van der Waals surface area (Å²) in [5.41, 5.74) is 0.278. The van der Waals surface area contributed by atoms with Crippen LogP contribution in [0.1, 0.15) is 40.0 Å². The molecule has 0 aliphatic heterocycles. The first-order chi connectivity index (χ1) is 7.52. The molecule has 0 heterocycles. The highest BCUT2D eigenvalue weighted by Crippen LogP contribution is 2.05. The Balaban J connectivity index is 4.11. The molecule has 0 radical (unpaired) electrons. The molecule has 0 aliphatic carbocycles. The summed E-state index contributed by atoms with van der Waals surface area (Å²) in [7, 11) is 0. The first-order valence-electron chi connectivity index (χ1n) is 5.56. The minimum absolute atomic E-state index is 0.278. The van der Waals surface area contributed by atoms with Crippen LogP contribution in [0.3, 0.4) is 0 Å². The summed E-state index contributed by atoms with van der Waals surface area (Å²) < 4.78 is 9.91. The van der Waals surface area contributed by atoms with Gasteiger partial charge in [0.05, 0.1) is 6.61 Å². The zero-order valence-electron chi connectivity index (χ0n) is 10.2. The van der Waals surface area contributed by atoms with Gasteiger partial charge in [0.2, 0.25) is 0 Å². The zero-order chi connectivity index (χ0) is 12.6. The van der Waals surface area contributed by atoms with E-state index < -0.39 is 18.0 Å². The Morgan fingerprint density at radius 3 is 2.38 bits per heavy atom. The lowest BCUT2D eigenvalue weighted by atomic mass is 10.2. The van der Waals surface area contributed by atoms with Gasteiger partial charge in [0.25, 0.3) is 0 Å². The Morgan fingerprint density at radius 2 is 1.94 bits per heavy atom. The molecule has 0 aromatic carbocycles. The number of carbonyl (C=O) groups is 2. The molecule has 4 heteroatoms. The lowest BCUT2D eigenvalue weighted by molar-refractivity contribution is -0.165. The highest BCUT2D eigenvalue weighted by molar-refractivity contribution is 5.89. The van der Waals surface area contributed by atoms with Crippen molar-refractivity contribution in [2.45, 2.75) is 46.1 Å². The van der Waals surface area contributed by atoms with E-state index in [-0.39, 0.29) is 5.57 Å². The van der Waals surface area contributed by atoms with Crippen LogP contribution in [0.15, 0.2) is 12.2 Å². The number of esters is 2. The molecule has 0 aromatic heterocycles. The Labute approximate surface area is 96.6 Å². The number of hydrogen-bond donors (Lipinski definition) is 0. The summed E-state index contributed by atoms with van der Waals surface area (Å²) in [6.45, 7) is 9.13. The fourth-order valence-electron chi connectivity index (χ4n) is 0.938. The molecule has 0 aliphatic rings. The molecule has 4 nitrogen and oxygen atoms in total. The van der Waals surface area contributed by atoms with Gasteiger partial charge in [0.15, 0.2) is 6.10 Å². The van der Waals surface area contributed by atoms with E-state index in [0.717, 1.165) is 12.8 Å². The van der Waals surface area contributed by atoms with Gasteiger partial charge in [-0.05, 0) is 19.8 Å². The van der Waals surface area contributed by atoms with Crippen LogP contribution in [0.25, 0.3) is 0 Å². The monoisotopic (exact) mass is 228 g/mol. The Morgan fingerprint density at radius 1 is 1.31 bits per heavy atom. The molecule has 0 saturated heterocycles. The van der Waals surface area contributed by atoms with Crippen molar-refractivity contribution in [2.24, 2.45) is 0 Å². The number of unbranched alkanes of at least 4 members (excludes halogenated alkanes) is 1. The smallest absolute Gasteiger partial charge is 0.347 e. The maximum absolute atomic E-state index is 11.5. The van der Waals surface area contributed by atoms with Crippen molar-refractivity contribution in [1.29, 1.82) is 0 Å². The molecule has 1 atom stereocenters. The third-order valence-electron chi connectivity index (χ3n) is 1.97. The van der Waals surface area contributed by atoms with Gasteiger partial charge in [-0.25, -0.2) is 9.59 Å². The Bertz CT molecular complexity index is 258.